The van der Waals surface area contributed by atoms with Gasteiger partial charge >= 0.3 is 23.9 Å². The SMILES string of the molecule is C.C.C.C.C.C.C.C.COCOC(=O)C1CC2CC1C(C1C3CCC(C3)C1C1C(=O)OC(=O)C1C)C2C1C(C)C2CC(C(O)CC(=O)OC(C)(C)C)C1C2. The van der Waals surface area contributed by atoms with Gasteiger partial charge in [0.1, 0.15) is 5.60 Å². The van der Waals surface area contributed by atoms with Gasteiger partial charge in [0.25, 0.3) is 0 Å². The van der Waals surface area contributed by atoms with Crippen LogP contribution in [0.2, 0.25) is 0 Å². The number of ether oxygens (including phenoxy) is 4. The van der Waals surface area contributed by atoms with Crippen LogP contribution in [0.1, 0.15) is 145 Å². The fraction of sp³-hybridized carbons (Fsp3) is 0.911. The fourth-order valence-corrected chi connectivity index (χ4v) is 13.1. The topological polar surface area (TPSA) is 125 Å². The zero-order valence-electron chi connectivity index (χ0n) is 28.4. The van der Waals surface area contributed by atoms with Crippen LogP contribution in [0.15, 0.2) is 0 Å². The highest BCUT2D eigenvalue weighted by Gasteiger charge is 2.68. The van der Waals surface area contributed by atoms with Gasteiger partial charge in [-0.25, -0.2) is 0 Å². The van der Waals surface area contributed by atoms with Gasteiger partial charge in [-0.15, -0.1) is 0 Å². The molecular formula is C45H86O9. The summed E-state index contributed by atoms with van der Waals surface area (Å²) < 4.78 is 21.5. The molecule has 9 nitrogen and oxygen atoms in total. The van der Waals surface area contributed by atoms with E-state index >= 15 is 0 Å². The first-order chi connectivity index (χ1) is 21.8. The Morgan fingerprint density at radius 2 is 1.31 bits per heavy atom. The number of carbonyl (C=O) groups is 4. The molecule has 0 aromatic heterocycles. The van der Waals surface area contributed by atoms with E-state index in [1.54, 1.807) is 0 Å². The lowest BCUT2D eigenvalue weighted by molar-refractivity contribution is -0.165. The summed E-state index contributed by atoms with van der Waals surface area (Å²) >= 11 is 0. The number of aliphatic hydroxyl groups excluding tert-OH is 1. The molecule has 1 saturated heterocycles. The Morgan fingerprint density at radius 1 is 0.741 bits per heavy atom. The third-order valence-electron chi connectivity index (χ3n) is 14.3. The highest BCUT2D eigenvalue weighted by molar-refractivity contribution is 5.96. The van der Waals surface area contributed by atoms with Gasteiger partial charge in [0.2, 0.25) is 0 Å². The molecule has 17 unspecified atom stereocenters. The number of esters is 4. The molecule has 7 rings (SSSR count). The molecule has 0 amide bonds. The molecule has 54 heavy (non-hydrogen) atoms. The Bertz CT molecular complexity index is 1240. The van der Waals surface area contributed by atoms with Crippen molar-refractivity contribution in [1.82, 2.24) is 0 Å². The van der Waals surface area contributed by atoms with Gasteiger partial charge < -0.3 is 24.1 Å². The van der Waals surface area contributed by atoms with Gasteiger partial charge in [0, 0.05) is 7.11 Å². The summed E-state index contributed by atoms with van der Waals surface area (Å²) in [5.74, 6) is 1.89. The molecule has 1 heterocycles. The largest absolute Gasteiger partial charge is 0.460 e. The van der Waals surface area contributed by atoms with E-state index in [-0.39, 0.29) is 126 Å². The van der Waals surface area contributed by atoms with Crippen molar-refractivity contribution in [3.8, 4) is 0 Å². The lowest BCUT2D eigenvalue weighted by Gasteiger charge is -2.51. The minimum absolute atomic E-state index is 0. The predicted molar refractivity (Wildman–Crippen MR) is 219 cm³/mol. The second-order valence-corrected chi connectivity index (χ2v) is 17.4. The molecule has 320 valence electrons. The Morgan fingerprint density at radius 3 is 1.85 bits per heavy atom. The Labute approximate surface area is 332 Å². The van der Waals surface area contributed by atoms with Gasteiger partial charge in [-0.3, -0.25) is 19.2 Å². The number of methoxy groups -OCH3 is 1. The number of rotatable bonds is 9. The fourth-order valence-electron chi connectivity index (χ4n) is 13.1. The summed E-state index contributed by atoms with van der Waals surface area (Å²) in [5, 5.41) is 11.5. The number of carbonyl (C=O) groups excluding carboxylic acids is 4. The summed E-state index contributed by atoms with van der Waals surface area (Å²) in [7, 11) is 1.53. The molecule has 17 atom stereocenters. The summed E-state index contributed by atoms with van der Waals surface area (Å²) in [5.41, 5.74) is -0.592. The maximum atomic E-state index is 13.5. The monoisotopic (exact) mass is 771 g/mol. The lowest BCUT2D eigenvalue weighted by Crippen LogP contribution is -2.49. The van der Waals surface area contributed by atoms with Crippen molar-refractivity contribution in [1.29, 1.82) is 0 Å². The van der Waals surface area contributed by atoms with Crippen molar-refractivity contribution in [2.45, 2.75) is 157 Å². The molecule has 9 heteroatoms. The van der Waals surface area contributed by atoms with Crippen LogP contribution in [0.5, 0.6) is 0 Å². The maximum absolute atomic E-state index is 13.5. The van der Waals surface area contributed by atoms with Crippen molar-refractivity contribution in [2.24, 2.45) is 94.7 Å². The lowest BCUT2D eigenvalue weighted by atomic mass is 9.53. The van der Waals surface area contributed by atoms with Gasteiger partial charge in [-0.2, -0.15) is 0 Å². The average molecular weight is 771 g/mol. The molecule has 1 N–H and O–H groups in total. The zero-order valence-corrected chi connectivity index (χ0v) is 28.4. The van der Waals surface area contributed by atoms with Crippen molar-refractivity contribution >= 4 is 23.9 Å². The van der Waals surface area contributed by atoms with E-state index in [0.29, 0.717) is 47.3 Å². The smallest absolute Gasteiger partial charge is 0.317 e. The Hall–Kier alpha value is -2.00. The molecule has 7 aliphatic rings. The number of fused-ring (bicyclic) bond motifs is 6. The predicted octanol–water partition coefficient (Wildman–Crippen LogP) is 10.1. The molecule has 7 fully saturated rings. The van der Waals surface area contributed by atoms with Gasteiger partial charge in [-0.05, 0) is 143 Å². The number of hydrogen-bond donors (Lipinski definition) is 1. The first-order valence-electron chi connectivity index (χ1n) is 18.1. The Balaban J connectivity index is 0. The molecule has 0 aromatic rings. The van der Waals surface area contributed by atoms with Crippen LogP contribution in [0.4, 0.5) is 0 Å². The van der Waals surface area contributed by atoms with Crippen LogP contribution in [-0.4, -0.2) is 54.6 Å². The zero-order chi connectivity index (χ0) is 32.8. The second-order valence-electron chi connectivity index (χ2n) is 17.4. The standard InChI is InChI=1S/C37H54O9.8CH4/c1-16-20-10-22(26(38)14-27(39)46-37(3,4)5)23(11-20)28(16)32-21-12-24(25(13-21)35(41)44-15-43-6)33(32)31-19-8-7-18(9-19)30(31)29-17(2)34(40)45-36(29)42;;;;;;;;/h16-26,28-33,38H,7-15H2,1-6H3;8*1H4. The number of cyclic esters (lactones) is 2. The second kappa shape index (κ2) is 19.9. The molecule has 6 bridgehead atoms. The number of aliphatic hydroxyl groups is 1. The first-order valence-corrected chi connectivity index (χ1v) is 18.1. The normalized spacial score (nSPS) is 40.8. The molecule has 6 aliphatic carbocycles. The summed E-state index contributed by atoms with van der Waals surface area (Å²) in [6.07, 6.45) is 6.40. The molecule has 6 saturated carbocycles. The van der Waals surface area contributed by atoms with Crippen molar-refractivity contribution < 1.29 is 43.2 Å². The van der Waals surface area contributed by atoms with E-state index in [0.717, 1.165) is 44.9 Å². The van der Waals surface area contributed by atoms with Crippen LogP contribution in [0.25, 0.3) is 0 Å². The van der Waals surface area contributed by atoms with E-state index < -0.39 is 29.5 Å². The van der Waals surface area contributed by atoms with Crippen molar-refractivity contribution in [2.75, 3.05) is 13.9 Å². The minimum Gasteiger partial charge on any atom is -0.460 e. The van der Waals surface area contributed by atoms with E-state index in [2.05, 4.69) is 6.92 Å². The Kier molecular flexibility index (Phi) is 20.0. The van der Waals surface area contributed by atoms with Crippen molar-refractivity contribution in [3.63, 3.8) is 0 Å². The highest BCUT2D eigenvalue weighted by atomic mass is 16.7. The third kappa shape index (κ3) is 8.92. The summed E-state index contributed by atoms with van der Waals surface area (Å²) in [6.45, 7) is 9.76. The quantitative estimate of drug-likeness (QED) is 0.106. The van der Waals surface area contributed by atoms with Crippen LogP contribution >= 0.6 is 0 Å². The molecule has 0 aromatic carbocycles. The van der Waals surface area contributed by atoms with E-state index in [1.165, 1.54) is 7.11 Å². The molecule has 0 radical (unpaired) electrons. The van der Waals surface area contributed by atoms with Gasteiger partial charge in [0.05, 0.1) is 30.3 Å². The van der Waals surface area contributed by atoms with Crippen LogP contribution in [-0.2, 0) is 38.1 Å². The van der Waals surface area contributed by atoms with Crippen LogP contribution in [0, 0.1) is 94.7 Å². The van der Waals surface area contributed by atoms with E-state index in [1.807, 2.05) is 27.7 Å². The van der Waals surface area contributed by atoms with Crippen LogP contribution in [0.3, 0.4) is 0 Å². The minimum atomic E-state index is -0.732. The van der Waals surface area contributed by atoms with Crippen molar-refractivity contribution in [3.05, 3.63) is 0 Å². The molecular weight excluding hydrogens is 684 g/mol. The molecule has 0 spiro atoms. The first kappa shape index (κ1) is 54.1. The van der Waals surface area contributed by atoms with Crippen LogP contribution < -0.4 is 0 Å². The summed E-state index contributed by atoms with van der Waals surface area (Å²) in [6, 6.07) is 0. The van der Waals surface area contributed by atoms with E-state index in [4.69, 9.17) is 18.9 Å². The van der Waals surface area contributed by atoms with E-state index in [9.17, 15) is 24.3 Å². The molecule has 1 aliphatic heterocycles. The summed E-state index contributed by atoms with van der Waals surface area (Å²) in [4.78, 5) is 52.1. The highest BCUT2D eigenvalue weighted by Crippen LogP contribution is 2.72. The number of hydrogen-bond acceptors (Lipinski definition) is 9. The maximum Gasteiger partial charge on any atom is 0.317 e. The van der Waals surface area contributed by atoms with Gasteiger partial charge in [0.15, 0.2) is 6.79 Å². The van der Waals surface area contributed by atoms with Gasteiger partial charge in [-0.1, -0.05) is 73.3 Å². The third-order valence-corrected chi connectivity index (χ3v) is 14.3. The average Bonchev–Trinajstić information content (AvgIpc) is 3.83.